The number of benzene rings is 2. The van der Waals surface area contributed by atoms with Gasteiger partial charge in [0.15, 0.2) is 5.76 Å². The average molecular weight is 448 g/mol. The van der Waals surface area contributed by atoms with E-state index in [2.05, 4.69) is 5.32 Å². The third-order valence-corrected chi connectivity index (χ3v) is 4.68. The van der Waals surface area contributed by atoms with E-state index < -0.39 is 34.0 Å². The van der Waals surface area contributed by atoms with Crippen molar-refractivity contribution in [2.75, 3.05) is 0 Å². The third-order valence-electron chi connectivity index (χ3n) is 4.68. The van der Waals surface area contributed by atoms with Crippen molar-refractivity contribution in [3.63, 3.8) is 0 Å². The number of alkyl halides is 3. The van der Waals surface area contributed by atoms with E-state index in [1.807, 2.05) is 0 Å². The van der Waals surface area contributed by atoms with Crippen molar-refractivity contribution in [2.24, 2.45) is 0 Å². The zero-order valence-corrected chi connectivity index (χ0v) is 17.1. The molecular formula is C22H19F3N2O5. The molecule has 10 heteroatoms. The van der Waals surface area contributed by atoms with Gasteiger partial charge in [-0.05, 0) is 55.3 Å². The minimum atomic E-state index is -4.40. The lowest BCUT2D eigenvalue weighted by Crippen LogP contribution is -2.40. The fourth-order valence-electron chi connectivity index (χ4n) is 2.89. The number of halogens is 3. The van der Waals surface area contributed by atoms with E-state index in [0.717, 1.165) is 29.3 Å². The molecule has 3 rings (SSSR count). The fourth-order valence-corrected chi connectivity index (χ4v) is 2.89. The summed E-state index contributed by atoms with van der Waals surface area (Å²) in [6, 6.07) is 13.8. The van der Waals surface area contributed by atoms with Gasteiger partial charge in [-0.3, -0.25) is 14.9 Å². The van der Waals surface area contributed by atoms with Crippen molar-refractivity contribution in [3.8, 4) is 5.75 Å². The largest absolute Gasteiger partial charge is 0.489 e. The van der Waals surface area contributed by atoms with Crippen LogP contribution >= 0.6 is 0 Å². The maximum absolute atomic E-state index is 12.6. The number of nitrogens with one attached hydrogen (secondary N) is 1. The smallest absolute Gasteiger partial charge is 0.433 e. The molecule has 1 amide bonds. The molecule has 7 nitrogen and oxygen atoms in total. The van der Waals surface area contributed by atoms with Crippen LogP contribution in [0.15, 0.2) is 65.1 Å². The van der Waals surface area contributed by atoms with Crippen molar-refractivity contribution >= 4 is 11.8 Å². The van der Waals surface area contributed by atoms with Gasteiger partial charge in [0.2, 0.25) is 0 Å². The maximum atomic E-state index is 12.6. The standard InChI is InChI=1S/C22H19F3N2O5/c1-21(2,26-20(28)18-11-12-19(32-18)27(29)30)15-5-3-14(4-6-15)13-31-17-9-7-16(8-10-17)22(23,24)25/h3-12H,13H2,1-2H3,(H,26,28). The summed E-state index contributed by atoms with van der Waals surface area (Å²) >= 11 is 0. The number of carbonyl (C=O) groups is 1. The maximum Gasteiger partial charge on any atom is 0.433 e. The van der Waals surface area contributed by atoms with Gasteiger partial charge in [0.1, 0.15) is 17.3 Å². The number of rotatable bonds is 7. The highest BCUT2D eigenvalue weighted by molar-refractivity contribution is 5.92. The van der Waals surface area contributed by atoms with Crippen LogP contribution < -0.4 is 10.1 Å². The zero-order valence-electron chi connectivity index (χ0n) is 17.1. The van der Waals surface area contributed by atoms with Gasteiger partial charge < -0.3 is 14.5 Å². The highest BCUT2D eigenvalue weighted by atomic mass is 19.4. The Kier molecular flexibility index (Phi) is 6.24. The van der Waals surface area contributed by atoms with Gasteiger partial charge in [0.05, 0.1) is 17.2 Å². The molecule has 2 aromatic carbocycles. The van der Waals surface area contributed by atoms with E-state index in [1.54, 1.807) is 38.1 Å². The Bertz CT molecular complexity index is 1100. The number of furan rings is 1. The Morgan fingerprint density at radius 2 is 1.59 bits per heavy atom. The number of ether oxygens (including phenoxy) is 1. The number of hydrogen-bond donors (Lipinski definition) is 1. The minimum Gasteiger partial charge on any atom is -0.489 e. The molecule has 0 radical (unpaired) electrons. The van der Waals surface area contributed by atoms with Crippen LogP contribution in [0.2, 0.25) is 0 Å². The molecule has 1 N–H and O–H groups in total. The molecule has 0 aliphatic carbocycles. The lowest BCUT2D eigenvalue weighted by Gasteiger charge is -2.26. The van der Waals surface area contributed by atoms with Crippen LogP contribution in [0.25, 0.3) is 0 Å². The van der Waals surface area contributed by atoms with Crippen LogP contribution in [-0.2, 0) is 18.3 Å². The lowest BCUT2D eigenvalue weighted by atomic mass is 9.93. The molecule has 0 aliphatic heterocycles. The van der Waals surface area contributed by atoms with Crippen molar-refractivity contribution in [1.82, 2.24) is 5.32 Å². The predicted octanol–water partition coefficient (Wildman–Crippen LogP) is 5.45. The van der Waals surface area contributed by atoms with Crippen molar-refractivity contribution in [1.29, 1.82) is 0 Å². The van der Waals surface area contributed by atoms with E-state index >= 15 is 0 Å². The Morgan fingerprint density at radius 3 is 2.12 bits per heavy atom. The molecule has 0 aliphatic rings. The average Bonchev–Trinajstić information content (AvgIpc) is 3.23. The summed E-state index contributed by atoms with van der Waals surface area (Å²) < 4.78 is 48.3. The molecule has 3 aromatic rings. The van der Waals surface area contributed by atoms with Crippen LogP contribution in [0.1, 0.15) is 41.1 Å². The van der Waals surface area contributed by atoms with E-state index in [-0.39, 0.29) is 12.4 Å². The molecule has 0 fully saturated rings. The molecule has 0 unspecified atom stereocenters. The highest BCUT2D eigenvalue weighted by Crippen LogP contribution is 2.30. The molecule has 32 heavy (non-hydrogen) atoms. The topological polar surface area (TPSA) is 94.6 Å². The number of nitrogens with zero attached hydrogens (tertiary/aromatic N) is 1. The third kappa shape index (κ3) is 5.45. The Balaban J connectivity index is 1.61. The van der Waals surface area contributed by atoms with Crippen molar-refractivity contribution in [3.05, 3.63) is 93.2 Å². The molecular weight excluding hydrogens is 429 g/mol. The quantitative estimate of drug-likeness (QED) is 0.383. The summed E-state index contributed by atoms with van der Waals surface area (Å²) in [6.07, 6.45) is -4.40. The molecule has 0 atom stereocenters. The van der Waals surface area contributed by atoms with Crippen LogP contribution in [0.3, 0.4) is 0 Å². The van der Waals surface area contributed by atoms with Gasteiger partial charge in [-0.15, -0.1) is 0 Å². The second-order valence-electron chi connectivity index (χ2n) is 7.48. The highest BCUT2D eigenvalue weighted by Gasteiger charge is 2.30. The Morgan fingerprint density at radius 1 is 1.00 bits per heavy atom. The van der Waals surface area contributed by atoms with Crippen LogP contribution in [0.5, 0.6) is 5.75 Å². The second kappa shape index (κ2) is 8.74. The first-order valence-corrected chi connectivity index (χ1v) is 9.42. The Hall–Kier alpha value is -3.82. The summed E-state index contributed by atoms with van der Waals surface area (Å²) in [5.74, 6) is -0.989. The van der Waals surface area contributed by atoms with Crippen molar-refractivity contribution in [2.45, 2.75) is 32.2 Å². The lowest BCUT2D eigenvalue weighted by molar-refractivity contribution is -0.402. The monoisotopic (exact) mass is 448 g/mol. The molecule has 0 saturated heterocycles. The summed E-state index contributed by atoms with van der Waals surface area (Å²) in [6.45, 7) is 3.67. The van der Waals surface area contributed by atoms with Gasteiger partial charge in [0, 0.05) is 0 Å². The van der Waals surface area contributed by atoms with E-state index in [0.29, 0.717) is 5.75 Å². The zero-order chi connectivity index (χ0) is 23.5. The molecule has 1 aromatic heterocycles. The van der Waals surface area contributed by atoms with E-state index in [4.69, 9.17) is 9.15 Å². The molecule has 168 valence electrons. The predicted molar refractivity (Wildman–Crippen MR) is 108 cm³/mol. The number of hydrogen-bond acceptors (Lipinski definition) is 5. The molecule has 1 heterocycles. The second-order valence-corrected chi connectivity index (χ2v) is 7.48. The van der Waals surface area contributed by atoms with Gasteiger partial charge in [0.25, 0.3) is 5.91 Å². The molecule has 0 saturated carbocycles. The first-order valence-electron chi connectivity index (χ1n) is 9.42. The van der Waals surface area contributed by atoms with Gasteiger partial charge in [-0.2, -0.15) is 13.2 Å². The molecule has 0 bridgehead atoms. The fraction of sp³-hybridized carbons (Fsp3) is 0.227. The van der Waals surface area contributed by atoms with Crippen LogP contribution in [-0.4, -0.2) is 10.8 Å². The van der Waals surface area contributed by atoms with E-state index in [1.165, 1.54) is 18.2 Å². The summed E-state index contributed by atoms with van der Waals surface area (Å²) in [5, 5.41) is 13.5. The number of nitro groups is 1. The first-order chi connectivity index (χ1) is 15.0. The van der Waals surface area contributed by atoms with Crippen LogP contribution in [0.4, 0.5) is 19.1 Å². The summed E-state index contributed by atoms with van der Waals surface area (Å²) in [7, 11) is 0. The summed E-state index contributed by atoms with van der Waals surface area (Å²) in [4.78, 5) is 22.3. The minimum absolute atomic E-state index is 0.147. The van der Waals surface area contributed by atoms with Crippen molar-refractivity contribution < 1.29 is 32.0 Å². The SMILES string of the molecule is CC(C)(NC(=O)c1ccc([N+](=O)[O-])o1)c1ccc(COc2ccc(C(F)(F)F)cc2)cc1. The van der Waals surface area contributed by atoms with Gasteiger partial charge in [-0.25, -0.2) is 0 Å². The Labute approximate surface area is 181 Å². The van der Waals surface area contributed by atoms with Crippen LogP contribution in [0, 0.1) is 10.1 Å². The first kappa shape index (κ1) is 22.9. The van der Waals surface area contributed by atoms with Gasteiger partial charge in [-0.1, -0.05) is 24.3 Å². The number of amides is 1. The summed E-state index contributed by atoms with van der Waals surface area (Å²) in [5.41, 5.74) is -0.0314. The van der Waals surface area contributed by atoms with Gasteiger partial charge >= 0.3 is 12.1 Å². The number of carbonyl (C=O) groups excluding carboxylic acids is 1. The molecule has 0 spiro atoms. The normalized spacial score (nSPS) is 11.8. The van der Waals surface area contributed by atoms with E-state index in [9.17, 15) is 28.1 Å².